The predicted octanol–water partition coefficient (Wildman–Crippen LogP) is 4.72. The van der Waals surface area contributed by atoms with Gasteiger partial charge in [-0.2, -0.15) is 0 Å². The Morgan fingerprint density at radius 1 is 0.935 bits per heavy atom. The number of anilines is 2. The predicted molar refractivity (Wildman–Crippen MR) is 117 cm³/mol. The van der Waals surface area contributed by atoms with Gasteiger partial charge in [-0.05, 0) is 73.5 Å². The van der Waals surface area contributed by atoms with Crippen LogP contribution in [0.5, 0.6) is 11.5 Å². The molecule has 0 spiro atoms. The second-order valence-corrected chi connectivity index (χ2v) is 6.91. The normalized spacial score (nSPS) is 10.3. The van der Waals surface area contributed by atoms with Gasteiger partial charge in [-0.3, -0.25) is 9.59 Å². The summed E-state index contributed by atoms with van der Waals surface area (Å²) in [5.74, 6) is -0.443. The molecule has 0 aliphatic heterocycles. The van der Waals surface area contributed by atoms with Gasteiger partial charge in [0.1, 0.15) is 5.82 Å². The van der Waals surface area contributed by atoms with Crippen LogP contribution >= 0.6 is 0 Å². The van der Waals surface area contributed by atoms with Gasteiger partial charge in [0.25, 0.3) is 11.8 Å². The van der Waals surface area contributed by atoms with Crippen LogP contribution in [0, 0.1) is 19.7 Å². The maximum absolute atomic E-state index is 12.9. The highest BCUT2D eigenvalue weighted by molar-refractivity contribution is 6.05. The Bertz CT molecular complexity index is 1100. The number of ether oxygens (including phenoxy) is 2. The first-order chi connectivity index (χ1) is 14.9. The molecule has 6 nitrogen and oxygen atoms in total. The summed E-state index contributed by atoms with van der Waals surface area (Å²) in [5, 5.41) is 5.50. The second-order valence-electron chi connectivity index (χ2n) is 6.91. The molecule has 0 bridgehead atoms. The van der Waals surface area contributed by atoms with E-state index < -0.39 is 5.91 Å². The van der Waals surface area contributed by atoms with Gasteiger partial charge in [0.05, 0.1) is 7.11 Å². The average molecular weight is 422 g/mol. The molecule has 0 atom stereocenters. The number of methoxy groups -OCH3 is 1. The van der Waals surface area contributed by atoms with Crippen LogP contribution in [0.25, 0.3) is 0 Å². The summed E-state index contributed by atoms with van der Waals surface area (Å²) in [4.78, 5) is 24.7. The molecule has 3 aromatic rings. The molecule has 0 aliphatic rings. The summed E-state index contributed by atoms with van der Waals surface area (Å²) >= 11 is 0. The van der Waals surface area contributed by atoms with E-state index in [4.69, 9.17) is 9.47 Å². The number of carbonyl (C=O) groups excluding carboxylic acids is 2. The molecule has 2 amide bonds. The maximum atomic E-state index is 12.9. The summed E-state index contributed by atoms with van der Waals surface area (Å²) in [5.41, 5.74) is 3.66. The molecule has 0 radical (unpaired) electrons. The molecule has 160 valence electrons. The summed E-state index contributed by atoms with van der Waals surface area (Å²) in [6.07, 6.45) is 0. The van der Waals surface area contributed by atoms with Gasteiger partial charge in [-0.15, -0.1) is 0 Å². The lowest BCUT2D eigenvalue weighted by Gasteiger charge is -2.13. The first kappa shape index (κ1) is 21.8. The van der Waals surface area contributed by atoms with Crippen LogP contribution in [-0.2, 0) is 4.79 Å². The Kier molecular flexibility index (Phi) is 6.87. The SMILES string of the molecule is COc1cc(C(=O)Nc2cccc(C)c2C)ccc1OCC(=O)Nc1ccc(F)cc1. The van der Waals surface area contributed by atoms with Gasteiger partial charge in [0, 0.05) is 16.9 Å². The Morgan fingerprint density at radius 3 is 2.39 bits per heavy atom. The van der Waals surface area contributed by atoms with Gasteiger partial charge in [-0.1, -0.05) is 12.1 Å². The molecule has 0 aliphatic carbocycles. The zero-order chi connectivity index (χ0) is 22.4. The highest BCUT2D eigenvalue weighted by Crippen LogP contribution is 2.29. The summed E-state index contributed by atoms with van der Waals surface area (Å²) in [6, 6.07) is 15.8. The lowest BCUT2D eigenvalue weighted by atomic mass is 10.1. The van der Waals surface area contributed by atoms with Gasteiger partial charge in [-0.25, -0.2) is 4.39 Å². The zero-order valence-electron chi connectivity index (χ0n) is 17.5. The summed E-state index contributed by atoms with van der Waals surface area (Å²) < 4.78 is 23.8. The van der Waals surface area contributed by atoms with Crippen LogP contribution in [0.15, 0.2) is 60.7 Å². The van der Waals surface area contributed by atoms with Crippen LogP contribution in [0.3, 0.4) is 0 Å². The largest absolute Gasteiger partial charge is 0.493 e. The van der Waals surface area contributed by atoms with Crippen LogP contribution in [0.1, 0.15) is 21.5 Å². The number of rotatable bonds is 7. The Balaban J connectivity index is 1.65. The second kappa shape index (κ2) is 9.75. The molecule has 0 saturated heterocycles. The third kappa shape index (κ3) is 5.60. The van der Waals surface area contributed by atoms with Crippen molar-refractivity contribution in [2.75, 3.05) is 24.4 Å². The number of nitrogens with one attached hydrogen (secondary N) is 2. The minimum absolute atomic E-state index is 0.276. The minimum Gasteiger partial charge on any atom is -0.493 e. The van der Waals surface area contributed by atoms with Crippen molar-refractivity contribution >= 4 is 23.2 Å². The summed E-state index contributed by atoms with van der Waals surface area (Å²) in [6.45, 7) is 3.65. The smallest absolute Gasteiger partial charge is 0.262 e. The van der Waals surface area contributed by atoms with E-state index >= 15 is 0 Å². The van der Waals surface area contributed by atoms with E-state index in [1.807, 2.05) is 32.0 Å². The number of benzene rings is 3. The molecule has 3 aromatic carbocycles. The highest BCUT2D eigenvalue weighted by atomic mass is 19.1. The first-order valence-electron chi connectivity index (χ1n) is 9.61. The van der Waals surface area contributed by atoms with Gasteiger partial charge in [0.2, 0.25) is 0 Å². The fourth-order valence-corrected chi connectivity index (χ4v) is 2.88. The van der Waals surface area contributed by atoms with Crippen molar-refractivity contribution in [1.82, 2.24) is 0 Å². The Hall–Kier alpha value is -3.87. The van der Waals surface area contributed by atoms with Crippen molar-refractivity contribution in [1.29, 1.82) is 0 Å². The number of carbonyl (C=O) groups is 2. The number of amides is 2. The molecule has 0 fully saturated rings. The van der Waals surface area contributed by atoms with Gasteiger partial charge >= 0.3 is 0 Å². The minimum atomic E-state index is -0.412. The van der Waals surface area contributed by atoms with E-state index in [1.165, 1.54) is 31.4 Å². The first-order valence-corrected chi connectivity index (χ1v) is 9.61. The van der Waals surface area contributed by atoms with E-state index in [1.54, 1.807) is 18.2 Å². The fourth-order valence-electron chi connectivity index (χ4n) is 2.88. The van der Waals surface area contributed by atoms with E-state index in [0.717, 1.165) is 16.8 Å². The maximum Gasteiger partial charge on any atom is 0.262 e. The molecular weight excluding hydrogens is 399 g/mol. The standard InChI is InChI=1S/C24H23FN2O4/c1-15-5-4-6-20(16(15)2)27-24(29)17-7-12-21(22(13-17)30-3)31-14-23(28)26-19-10-8-18(25)9-11-19/h4-13H,14H2,1-3H3,(H,26,28)(H,27,29). The molecule has 0 heterocycles. The number of aryl methyl sites for hydroxylation is 1. The van der Waals surface area contributed by atoms with Crippen molar-refractivity contribution in [2.24, 2.45) is 0 Å². The van der Waals surface area contributed by atoms with Crippen molar-refractivity contribution in [3.05, 3.63) is 83.2 Å². The van der Waals surface area contributed by atoms with E-state index in [0.29, 0.717) is 22.7 Å². The molecule has 2 N–H and O–H groups in total. The quantitative estimate of drug-likeness (QED) is 0.578. The van der Waals surface area contributed by atoms with Gasteiger partial charge in [0.15, 0.2) is 18.1 Å². The molecule has 0 saturated carbocycles. The molecule has 3 rings (SSSR count). The Morgan fingerprint density at radius 2 is 1.68 bits per heavy atom. The Labute approximate surface area is 180 Å². The molecule has 31 heavy (non-hydrogen) atoms. The van der Waals surface area contributed by atoms with Crippen LogP contribution in [-0.4, -0.2) is 25.5 Å². The van der Waals surface area contributed by atoms with Crippen molar-refractivity contribution in [2.45, 2.75) is 13.8 Å². The number of hydrogen-bond donors (Lipinski definition) is 2. The van der Waals surface area contributed by atoms with Crippen LogP contribution in [0.4, 0.5) is 15.8 Å². The third-order valence-corrected chi connectivity index (χ3v) is 4.77. The van der Waals surface area contributed by atoms with Crippen molar-refractivity contribution in [3.63, 3.8) is 0 Å². The van der Waals surface area contributed by atoms with E-state index in [9.17, 15) is 14.0 Å². The zero-order valence-corrected chi connectivity index (χ0v) is 17.5. The third-order valence-electron chi connectivity index (χ3n) is 4.77. The van der Waals surface area contributed by atoms with E-state index in [-0.39, 0.29) is 18.3 Å². The lowest BCUT2D eigenvalue weighted by Crippen LogP contribution is -2.20. The van der Waals surface area contributed by atoms with E-state index in [2.05, 4.69) is 10.6 Å². The lowest BCUT2D eigenvalue weighted by molar-refractivity contribution is -0.118. The average Bonchev–Trinajstić information content (AvgIpc) is 2.77. The highest BCUT2D eigenvalue weighted by Gasteiger charge is 2.14. The fraction of sp³-hybridized carbons (Fsp3) is 0.167. The topological polar surface area (TPSA) is 76.7 Å². The number of hydrogen-bond acceptors (Lipinski definition) is 4. The molecule has 0 unspecified atom stereocenters. The van der Waals surface area contributed by atoms with Crippen LogP contribution < -0.4 is 20.1 Å². The van der Waals surface area contributed by atoms with Crippen molar-refractivity contribution in [3.8, 4) is 11.5 Å². The summed E-state index contributed by atoms with van der Waals surface area (Å²) in [7, 11) is 1.45. The monoisotopic (exact) mass is 422 g/mol. The van der Waals surface area contributed by atoms with Crippen molar-refractivity contribution < 1.29 is 23.5 Å². The molecular formula is C24H23FN2O4. The molecule has 0 aromatic heterocycles. The van der Waals surface area contributed by atoms with Crippen LogP contribution in [0.2, 0.25) is 0 Å². The van der Waals surface area contributed by atoms with Gasteiger partial charge < -0.3 is 20.1 Å². The molecule has 7 heteroatoms. The number of halogens is 1.